The lowest BCUT2D eigenvalue weighted by molar-refractivity contribution is -0.391. The number of halogens is 15. The van der Waals surface area contributed by atoms with Gasteiger partial charge in [0.25, 0.3) is 0 Å². The van der Waals surface area contributed by atoms with Gasteiger partial charge < -0.3 is 0 Å². The maximum absolute atomic E-state index is 13.4. The molecule has 0 radical (unpaired) electrons. The maximum Gasteiger partial charge on any atom is 0.389 e. The van der Waals surface area contributed by atoms with Crippen LogP contribution in [0.3, 0.4) is 0 Å². The molecule has 0 unspecified atom stereocenters. The summed E-state index contributed by atoms with van der Waals surface area (Å²) in [5.74, 6) is -27.8. The fourth-order valence-corrected chi connectivity index (χ4v) is 2.99. The molecule has 0 aromatic heterocycles. The van der Waals surface area contributed by atoms with Gasteiger partial charge in [-0.15, -0.1) is 22.2 Å². The van der Waals surface area contributed by atoms with Crippen molar-refractivity contribution in [2.45, 2.75) is 61.2 Å². The molecule has 0 spiro atoms. The third-order valence-corrected chi connectivity index (χ3v) is 5.99. The molecule has 0 rings (SSSR count). The van der Waals surface area contributed by atoms with Crippen LogP contribution in [0.25, 0.3) is 0 Å². The van der Waals surface area contributed by atoms with Gasteiger partial charge in [-0.3, -0.25) is 0 Å². The molecule has 0 aromatic rings. The average Bonchev–Trinajstić information content (AvgIpc) is 2.34. The van der Waals surface area contributed by atoms with Crippen LogP contribution in [-0.2, 0) is 0 Å². The summed E-state index contributed by atoms with van der Waals surface area (Å²) in [7, 11) is 0. The lowest BCUT2D eigenvalue weighted by Crippen LogP contribution is -2.71. The molecule has 0 bridgehead atoms. The highest BCUT2D eigenvalue weighted by Crippen LogP contribution is 2.60. The van der Waals surface area contributed by atoms with Gasteiger partial charge in [0.1, 0.15) is 0 Å². The van der Waals surface area contributed by atoms with Crippen molar-refractivity contribution in [3.8, 4) is 0 Å². The Morgan fingerprint density at radius 1 is 0.615 bits per heavy atom. The van der Waals surface area contributed by atoms with E-state index in [1.54, 1.807) is 0 Å². The van der Waals surface area contributed by atoms with E-state index in [-0.39, 0.29) is 6.55 Å². The van der Waals surface area contributed by atoms with E-state index >= 15 is 0 Å². The molecular formula is C10H9Cl2F13Si. The van der Waals surface area contributed by atoms with E-state index in [0.717, 1.165) is 0 Å². The molecule has 0 aliphatic heterocycles. The van der Waals surface area contributed by atoms with Gasteiger partial charge in [-0.05, 0) is 13.0 Å². The van der Waals surface area contributed by atoms with Crippen molar-refractivity contribution < 1.29 is 57.1 Å². The van der Waals surface area contributed by atoms with E-state index in [4.69, 9.17) is 22.2 Å². The fourth-order valence-electron chi connectivity index (χ4n) is 1.57. The molecule has 26 heavy (non-hydrogen) atoms. The monoisotopic (exact) mass is 474 g/mol. The maximum atomic E-state index is 13.4. The zero-order valence-electron chi connectivity index (χ0n) is 12.3. The standard InChI is InChI=1S/C10H9Cl2F13Si/c1-26(11,12)10(24,25)9(22,23)8(20,21)7(18,19)5(13,14)3-2-4-6(15,16)17/h2-4H2,1H3. The Labute approximate surface area is 148 Å². The van der Waals surface area contributed by atoms with Gasteiger partial charge >= 0.3 is 42.1 Å². The van der Waals surface area contributed by atoms with E-state index in [1.807, 2.05) is 0 Å². The third-order valence-electron chi connectivity index (χ3n) is 3.14. The first kappa shape index (κ1) is 25.9. The summed E-state index contributed by atoms with van der Waals surface area (Å²) in [5.41, 5.74) is -6.18. The van der Waals surface area contributed by atoms with Crippen molar-refractivity contribution in [3.05, 3.63) is 0 Å². The topological polar surface area (TPSA) is 0 Å². The quantitative estimate of drug-likeness (QED) is 0.202. The minimum absolute atomic E-state index is 0.0419. The Morgan fingerprint density at radius 3 is 1.31 bits per heavy atom. The van der Waals surface area contributed by atoms with E-state index in [9.17, 15) is 57.1 Å². The van der Waals surface area contributed by atoms with Gasteiger partial charge in [0.05, 0.1) is 0 Å². The number of hydrogen-bond acceptors (Lipinski definition) is 0. The van der Waals surface area contributed by atoms with Crippen LogP contribution in [-0.4, -0.2) is 42.1 Å². The molecule has 0 fully saturated rings. The molecule has 0 saturated carbocycles. The summed E-state index contributed by atoms with van der Waals surface area (Å²) in [4.78, 5) is 0. The lowest BCUT2D eigenvalue weighted by atomic mass is 9.95. The van der Waals surface area contributed by atoms with Crippen LogP contribution in [0.5, 0.6) is 0 Å². The highest BCUT2D eigenvalue weighted by molar-refractivity contribution is 7.46. The van der Waals surface area contributed by atoms with Crippen molar-refractivity contribution in [1.29, 1.82) is 0 Å². The number of rotatable bonds is 8. The molecule has 16 heteroatoms. The fraction of sp³-hybridized carbons (Fsp3) is 1.00. The second-order valence-electron chi connectivity index (χ2n) is 5.36. The zero-order valence-corrected chi connectivity index (χ0v) is 14.8. The van der Waals surface area contributed by atoms with Crippen LogP contribution in [0.2, 0.25) is 6.55 Å². The van der Waals surface area contributed by atoms with Crippen molar-refractivity contribution in [2.24, 2.45) is 0 Å². The molecule has 0 nitrogen and oxygen atoms in total. The SMILES string of the molecule is C[Si](Cl)(Cl)C(F)(F)C(F)(F)C(F)(F)C(F)(F)C(F)(F)CCCC(F)(F)F. The average molecular weight is 475 g/mol. The zero-order chi connectivity index (χ0) is 21.6. The summed E-state index contributed by atoms with van der Waals surface area (Å²) in [6.45, 7) is -5.71. The van der Waals surface area contributed by atoms with Crippen LogP contribution in [0.4, 0.5) is 57.1 Å². The van der Waals surface area contributed by atoms with Gasteiger partial charge in [0.15, 0.2) is 0 Å². The highest BCUT2D eigenvalue weighted by Gasteiger charge is 2.88. The molecule has 0 heterocycles. The molecule has 158 valence electrons. The molecule has 0 aliphatic carbocycles. The van der Waals surface area contributed by atoms with Crippen molar-refractivity contribution in [2.75, 3.05) is 0 Å². The summed E-state index contributed by atoms with van der Waals surface area (Å²) < 4.78 is 169. The Kier molecular flexibility index (Phi) is 7.02. The first-order valence-corrected chi connectivity index (χ1v) is 10.8. The normalized spacial score (nSPS) is 16.2. The van der Waals surface area contributed by atoms with Crippen LogP contribution in [0.15, 0.2) is 0 Å². The third kappa shape index (κ3) is 4.47. The van der Waals surface area contributed by atoms with Crippen LogP contribution in [0, 0.1) is 0 Å². The molecular weight excluding hydrogens is 466 g/mol. The summed E-state index contributed by atoms with van der Waals surface area (Å²) >= 11 is 9.39. The van der Waals surface area contributed by atoms with Crippen LogP contribution in [0.1, 0.15) is 19.3 Å². The Morgan fingerprint density at radius 2 is 1.00 bits per heavy atom. The van der Waals surface area contributed by atoms with Crippen LogP contribution < -0.4 is 0 Å². The minimum atomic E-state index is -7.39. The largest absolute Gasteiger partial charge is 0.389 e. The van der Waals surface area contributed by atoms with Crippen molar-refractivity contribution in [3.63, 3.8) is 0 Å². The van der Waals surface area contributed by atoms with Gasteiger partial charge in [0.2, 0.25) is 0 Å². The molecule has 0 saturated heterocycles. The highest BCUT2D eigenvalue weighted by atomic mass is 35.7. The Bertz CT molecular complexity index is 494. The number of alkyl halides is 13. The van der Waals surface area contributed by atoms with E-state index in [0.29, 0.717) is 0 Å². The second-order valence-corrected chi connectivity index (χ2v) is 12.9. The molecule has 0 N–H and O–H groups in total. The Balaban J connectivity index is 5.85. The molecule has 0 amide bonds. The molecule has 0 aromatic carbocycles. The van der Waals surface area contributed by atoms with E-state index in [2.05, 4.69) is 0 Å². The molecule has 0 atom stereocenters. The summed E-state index contributed by atoms with van der Waals surface area (Å²) in [5, 5.41) is 0. The van der Waals surface area contributed by atoms with E-state index in [1.165, 1.54) is 0 Å². The molecule has 0 aliphatic rings. The predicted molar refractivity (Wildman–Crippen MR) is 68.0 cm³/mol. The second kappa shape index (κ2) is 7.05. The Hall–Kier alpha value is -0.113. The lowest BCUT2D eigenvalue weighted by Gasteiger charge is -2.41. The van der Waals surface area contributed by atoms with Crippen molar-refractivity contribution >= 4 is 28.9 Å². The summed E-state index contributed by atoms with van der Waals surface area (Å²) in [6, 6.07) is 0. The van der Waals surface area contributed by atoms with Crippen molar-refractivity contribution in [1.82, 2.24) is 0 Å². The first-order valence-electron chi connectivity index (χ1n) is 6.29. The smallest absolute Gasteiger partial charge is 0.201 e. The van der Waals surface area contributed by atoms with Gasteiger partial charge in [-0.1, -0.05) is 0 Å². The predicted octanol–water partition coefficient (Wildman–Crippen LogP) is 6.98. The first-order chi connectivity index (χ1) is 11.0. The number of hydrogen-bond donors (Lipinski definition) is 0. The van der Waals surface area contributed by atoms with E-state index < -0.39 is 61.4 Å². The van der Waals surface area contributed by atoms with Crippen LogP contribution >= 0.6 is 22.2 Å². The van der Waals surface area contributed by atoms with Gasteiger partial charge in [-0.2, -0.15) is 48.3 Å². The van der Waals surface area contributed by atoms with Gasteiger partial charge in [0, 0.05) is 12.8 Å². The summed E-state index contributed by atoms with van der Waals surface area (Å²) in [6.07, 6.45) is -11.7. The van der Waals surface area contributed by atoms with Gasteiger partial charge in [-0.25, -0.2) is 8.78 Å². The minimum Gasteiger partial charge on any atom is -0.201 e.